The van der Waals surface area contributed by atoms with Gasteiger partial charge < -0.3 is 15.4 Å². The highest BCUT2D eigenvalue weighted by atomic mass is 35.5. The highest BCUT2D eigenvalue weighted by Gasteiger charge is 2.22. The number of hydrogen-bond donors (Lipinski definition) is 2. The van der Waals surface area contributed by atoms with Crippen LogP contribution in [0.2, 0.25) is 5.02 Å². The number of hydrogen-bond acceptors (Lipinski definition) is 7. The third-order valence-corrected chi connectivity index (χ3v) is 3.55. The monoisotopic (exact) mass is 378 g/mol. The molecule has 1 amide bonds. The summed E-state index contributed by atoms with van der Waals surface area (Å²) in [7, 11) is 1.53. The molecule has 0 aliphatic heterocycles. The van der Waals surface area contributed by atoms with Gasteiger partial charge in [-0.2, -0.15) is 0 Å². The molecule has 0 aliphatic rings. The van der Waals surface area contributed by atoms with E-state index < -0.39 is 22.9 Å². The van der Waals surface area contributed by atoms with Gasteiger partial charge in [-0.05, 0) is 31.2 Å². The zero-order chi connectivity index (χ0) is 19.3. The number of nitro groups is 1. The van der Waals surface area contributed by atoms with Crippen molar-refractivity contribution in [2.24, 2.45) is 0 Å². The van der Waals surface area contributed by atoms with Gasteiger partial charge in [-0.25, -0.2) is 9.78 Å². The minimum atomic E-state index is -1.14. The fourth-order valence-electron chi connectivity index (χ4n) is 1.98. The van der Waals surface area contributed by atoms with Crippen LogP contribution in [0, 0.1) is 10.1 Å². The summed E-state index contributed by atoms with van der Waals surface area (Å²) in [6, 6.07) is 6.88. The van der Waals surface area contributed by atoms with Crippen LogP contribution in [0.1, 0.15) is 17.3 Å². The van der Waals surface area contributed by atoms with Crippen LogP contribution in [-0.4, -0.2) is 34.9 Å². The molecule has 1 heterocycles. The van der Waals surface area contributed by atoms with E-state index in [0.29, 0.717) is 5.02 Å². The molecule has 0 saturated carbocycles. The van der Waals surface area contributed by atoms with E-state index in [4.69, 9.17) is 16.3 Å². The van der Waals surface area contributed by atoms with Crippen molar-refractivity contribution >= 4 is 40.7 Å². The van der Waals surface area contributed by atoms with Crippen molar-refractivity contribution in [2.45, 2.75) is 13.0 Å². The molecule has 2 rings (SSSR count). The molecule has 1 atom stereocenters. The largest absolute Gasteiger partial charge is 0.449 e. The molecular weight excluding hydrogens is 364 g/mol. The van der Waals surface area contributed by atoms with Crippen LogP contribution >= 0.6 is 11.6 Å². The lowest BCUT2D eigenvalue weighted by molar-refractivity contribution is -0.384. The van der Waals surface area contributed by atoms with Gasteiger partial charge in [0.1, 0.15) is 11.5 Å². The molecule has 26 heavy (non-hydrogen) atoms. The Morgan fingerprint density at radius 3 is 2.62 bits per heavy atom. The number of amides is 1. The quantitative estimate of drug-likeness (QED) is 0.450. The lowest BCUT2D eigenvalue weighted by atomic mass is 10.1. The van der Waals surface area contributed by atoms with E-state index in [1.54, 1.807) is 6.07 Å². The fraction of sp³-hybridized carbons (Fsp3) is 0.188. The number of carbonyl (C=O) groups is 2. The standard InChI is InChI=1S/C16H15ClN4O5/c1-9(15(22)20-14-6-4-11(17)8-19-14)26-16(23)10-3-5-12(18-2)13(7-10)21(24)25/h3-9,18H,1-2H3,(H,19,20,22)/t9-/m0/s1. The van der Waals surface area contributed by atoms with Gasteiger partial charge in [0.05, 0.1) is 15.5 Å². The topological polar surface area (TPSA) is 123 Å². The molecule has 2 N–H and O–H groups in total. The van der Waals surface area contributed by atoms with Crippen molar-refractivity contribution in [3.05, 3.63) is 57.2 Å². The fourth-order valence-corrected chi connectivity index (χ4v) is 2.09. The van der Waals surface area contributed by atoms with E-state index in [2.05, 4.69) is 15.6 Å². The second-order valence-corrected chi connectivity index (χ2v) is 5.57. The van der Waals surface area contributed by atoms with Gasteiger partial charge in [0.2, 0.25) is 0 Å². The van der Waals surface area contributed by atoms with Crippen LogP contribution in [0.15, 0.2) is 36.5 Å². The molecular formula is C16H15ClN4O5. The first-order valence-corrected chi connectivity index (χ1v) is 7.79. The van der Waals surface area contributed by atoms with Crippen LogP contribution in [0.25, 0.3) is 0 Å². The van der Waals surface area contributed by atoms with Crippen LogP contribution in [-0.2, 0) is 9.53 Å². The zero-order valence-corrected chi connectivity index (χ0v) is 14.6. The van der Waals surface area contributed by atoms with Crippen LogP contribution in [0.4, 0.5) is 17.2 Å². The Hall–Kier alpha value is -3.20. The summed E-state index contributed by atoms with van der Waals surface area (Å²) in [5.74, 6) is -1.21. The predicted molar refractivity (Wildman–Crippen MR) is 95.4 cm³/mol. The number of anilines is 2. The summed E-state index contributed by atoms with van der Waals surface area (Å²) in [5.41, 5.74) is -0.0597. The van der Waals surface area contributed by atoms with Gasteiger partial charge in [-0.3, -0.25) is 14.9 Å². The predicted octanol–water partition coefficient (Wildman–Crippen LogP) is 2.87. The lowest BCUT2D eigenvalue weighted by Gasteiger charge is -2.13. The number of halogens is 1. The van der Waals surface area contributed by atoms with E-state index >= 15 is 0 Å². The third kappa shape index (κ3) is 4.67. The molecule has 0 radical (unpaired) electrons. The number of nitrogens with zero attached hydrogens (tertiary/aromatic N) is 2. The van der Waals surface area contributed by atoms with Crippen LogP contribution in [0.5, 0.6) is 0 Å². The highest BCUT2D eigenvalue weighted by Crippen LogP contribution is 2.25. The smallest absolute Gasteiger partial charge is 0.339 e. The number of nitro benzene ring substituents is 1. The number of ether oxygens (including phenoxy) is 1. The Balaban J connectivity index is 2.06. The lowest BCUT2D eigenvalue weighted by Crippen LogP contribution is -2.30. The minimum absolute atomic E-state index is 0.0417. The first-order valence-electron chi connectivity index (χ1n) is 7.41. The van der Waals surface area contributed by atoms with Crippen molar-refractivity contribution in [2.75, 3.05) is 17.7 Å². The molecule has 0 bridgehead atoms. The van der Waals surface area contributed by atoms with Gasteiger partial charge in [0.25, 0.3) is 11.6 Å². The van der Waals surface area contributed by atoms with Gasteiger partial charge in [-0.1, -0.05) is 11.6 Å². The number of aromatic nitrogens is 1. The first kappa shape index (κ1) is 19.1. The average molecular weight is 379 g/mol. The van der Waals surface area contributed by atoms with E-state index in [9.17, 15) is 19.7 Å². The van der Waals surface area contributed by atoms with Crippen LogP contribution < -0.4 is 10.6 Å². The van der Waals surface area contributed by atoms with E-state index in [1.807, 2.05) is 0 Å². The summed E-state index contributed by atoms with van der Waals surface area (Å²) < 4.78 is 5.05. The Morgan fingerprint density at radius 1 is 1.31 bits per heavy atom. The van der Waals surface area contributed by atoms with E-state index in [-0.39, 0.29) is 22.8 Å². The Bertz CT molecular complexity index is 841. The number of pyridine rings is 1. The van der Waals surface area contributed by atoms with Gasteiger partial charge in [0.15, 0.2) is 6.10 Å². The maximum absolute atomic E-state index is 12.2. The van der Waals surface area contributed by atoms with Gasteiger partial charge in [0, 0.05) is 19.3 Å². The molecule has 0 fully saturated rings. The summed E-state index contributed by atoms with van der Waals surface area (Å²) in [6.45, 7) is 1.37. The van der Waals surface area contributed by atoms with Gasteiger partial charge in [-0.15, -0.1) is 0 Å². The molecule has 0 aliphatic carbocycles. The first-order chi connectivity index (χ1) is 12.3. The molecule has 9 nitrogen and oxygen atoms in total. The normalized spacial score (nSPS) is 11.3. The molecule has 1 aromatic carbocycles. The minimum Gasteiger partial charge on any atom is -0.449 e. The van der Waals surface area contributed by atoms with E-state index in [0.717, 1.165) is 6.07 Å². The van der Waals surface area contributed by atoms with Crippen molar-refractivity contribution in [3.63, 3.8) is 0 Å². The van der Waals surface area contributed by atoms with Gasteiger partial charge >= 0.3 is 5.97 Å². The molecule has 2 aromatic rings. The number of rotatable bonds is 6. The second-order valence-electron chi connectivity index (χ2n) is 5.14. The maximum atomic E-state index is 12.2. The molecule has 1 aromatic heterocycles. The molecule has 136 valence electrons. The Kier molecular flexibility index (Phi) is 6.07. The molecule has 10 heteroatoms. The third-order valence-electron chi connectivity index (χ3n) is 3.33. The van der Waals surface area contributed by atoms with Crippen molar-refractivity contribution in [1.29, 1.82) is 0 Å². The Morgan fingerprint density at radius 2 is 2.04 bits per heavy atom. The summed E-state index contributed by atoms with van der Waals surface area (Å²) in [5, 5.41) is 16.6. The number of esters is 1. The maximum Gasteiger partial charge on any atom is 0.339 e. The Labute approximate surface area is 153 Å². The van der Waals surface area contributed by atoms with Crippen molar-refractivity contribution < 1.29 is 19.2 Å². The number of nitrogens with one attached hydrogen (secondary N) is 2. The number of benzene rings is 1. The highest BCUT2D eigenvalue weighted by molar-refractivity contribution is 6.30. The molecule has 0 spiro atoms. The number of carbonyl (C=O) groups excluding carboxylic acids is 2. The summed E-state index contributed by atoms with van der Waals surface area (Å²) in [4.78, 5) is 38.5. The van der Waals surface area contributed by atoms with Crippen molar-refractivity contribution in [1.82, 2.24) is 4.98 Å². The summed E-state index contributed by atoms with van der Waals surface area (Å²) >= 11 is 5.71. The van der Waals surface area contributed by atoms with Crippen LogP contribution in [0.3, 0.4) is 0 Å². The zero-order valence-electron chi connectivity index (χ0n) is 13.9. The van der Waals surface area contributed by atoms with Crippen molar-refractivity contribution in [3.8, 4) is 0 Å². The molecule has 0 unspecified atom stereocenters. The second kappa shape index (κ2) is 8.26. The average Bonchev–Trinajstić information content (AvgIpc) is 2.62. The van der Waals surface area contributed by atoms with E-state index in [1.165, 1.54) is 38.4 Å². The molecule has 0 saturated heterocycles. The summed E-state index contributed by atoms with van der Waals surface area (Å²) in [6.07, 6.45) is 0.221. The SMILES string of the molecule is CNc1ccc(C(=O)O[C@@H](C)C(=O)Nc2ccc(Cl)cn2)cc1[N+](=O)[O-].